The van der Waals surface area contributed by atoms with Crippen LogP contribution in [0, 0.1) is 0 Å². The lowest BCUT2D eigenvalue weighted by molar-refractivity contribution is 0.0498. The lowest BCUT2D eigenvalue weighted by Crippen LogP contribution is -2.25. The molecule has 6 heteroatoms. The van der Waals surface area contributed by atoms with Crippen LogP contribution in [0.2, 0.25) is 0 Å². The number of ketones is 1. The molecule has 1 aliphatic carbocycles. The van der Waals surface area contributed by atoms with Crippen LogP contribution in [0.4, 0.5) is 0 Å². The van der Waals surface area contributed by atoms with Crippen LogP contribution < -0.4 is 5.56 Å². The lowest BCUT2D eigenvalue weighted by Gasteiger charge is -2.14. The molecule has 0 unspecified atom stereocenters. The van der Waals surface area contributed by atoms with Gasteiger partial charge in [-0.15, -0.1) is 0 Å². The number of nitrogens with one attached hydrogen (secondary N) is 1. The number of aromatic nitrogens is 2. The molecule has 1 aliphatic rings. The quantitative estimate of drug-likeness (QED) is 0.671. The third kappa shape index (κ3) is 3.59. The number of hydrogen-bond donors (Lipinski definition) is 1. The fourth-order valence-electron chi connectivity index (χ4n) is 2.80. The van der Waals surface area contributed by atoms with Crippen LogP contribution in [-0.2, 0) is 17.6 Å². The summed E-state index contributed by atoms with van der Waals surface area (Å²) in [6.07, 6.45) is 6.65. The summed E-state index contributed by atoms with van der Waals surface area (Å²) in [5.74, 6) is -0.730. The number of esters is 1. The molecule has 0 atom stereocenters. The Balaban J connectivity index is 1.62. The molecule has 0 aliphatic heterocycles. The fraction of sp³-hybridized carbons (Fsp3) is 0.333. The Morgan fingerprint density at radius 3 is 2.79 bits per heavy atom. The van der Waals surface area contributed by atoms with E-state index < -0.39 is 11.5 Å². The highest BCUT2D eigenvalue weighted by atomic mass is 16.5. The normalized spacial score (nSPS) is 13.4. The van der Waals surface area contributed by atoms with Crippen molar-refractivity contribution in [2.24, 2.45) is 0 Å². The summed E-state index contributed by atoms with van der Waals surface area (Å²) in [7, 11) is 0. The summed E-state index contributed by atoms with van der Waals surface area (Å²) >= 11 is 0. The number of aryl methyl sites for hydroxylation is 2. The minimum atomic E-state index is -0.688. The third-order valence-corrected chi connectivity index (χ3v) is 4.07. The van der Waals surface area contributed by atoms with Gasteiger partial charge < -0.3 is 9.72 Å². The number of pyridine rings is 2. The van der Waals surface area contributed by atoms with E-state index in [0.717, 1.165) is 18.4 Å². The van der Waals surface area contributed by atoms with Crippen LogP contribution in [0.3, 0.4) is 0 Å². The molecule has 0 saturated heterocycles. The van der Waals surface area contributed by atoms with E-state index in [0.29, 0.717) is 30.5 Å². The van der Waals surface area contributed by atoms with Gasteiger partial charge in [0.15, 0.2) is 5.78 Å². The van der Waals surface area contributed by atoms with Gasteiger partial charge in [0, 0.05) is 30.1 Å². The van der Waals surface area contributed by atoms with Gasteiger partial charge in [-0.25, -0.2) is 4.79 Å². The van der Waals surface area contributed by atoms with Crippen molar-refractivity contribution in [2.75, 3.05) is 6.61 Å². The number of carbonyl (C=O) groups is 2. The monoisotopic (exact) mass is 326 g/mol. The molecular weight excluding hydrogens is 308 g/mol. The summed E-state index contributed by atoms with van der Waals surface area (Å²) in [6.45, 7) is 0.214. The van der Waals surface area contributed by atoms with E-state index in [1.807, 2.05) is 12.1 Å². The second kappa shape index (κ2) is 7.21. The van der Waals surface area contributed by atoms with Crippen LogP contribution in [0.15, 0.2) is 35.4 Å². The highest BCUT2D eigenvalue weighted by Gasteiger charge is 2.22. The largest absolute Gasteiger partial charge is 0.462 e. The average molecular weight is 326 g/mol. The van der Waals surface area contributed by atoms with Crippen LogP contribution in [0.1, 0.15) is 51.2 Å². The lowest BCUT2D eigenvalue weighted by atomic mass is 9.94. The van der Waals surface area contributed by atoms with Gasteiger partial charge in [0.2, 0.25) is 0 Å². The predicted molar refractivity (Wildman–Crippen MR) is 87.2 cm³/mol. The summed E-state index contributed by atoms with van der Waals surface area (Å²) in [4.78, 5) is 42.6. The Labute approximate surface area is 138 Å². The standard InChI is InChI=1S/C18H18N2O4/c21-16-5-1-4-15-13(16)11-14(17(22)20-15)18(23)24-10-2-3-12-6-8-19-9-7-12/h6-9,11H,1-5,10H2,(H,20,22). The Morgan fingerprint density at radius 2 is 2.00 bits per heavy atom. The van der Waals surface area contributed by atoms with Crippen LogP contribution >= 0.6 is 0 Å². The van der Waals surface area contributed by atoms with E-state index >= 15 is 0 Å². The Kier molecular flexibility index (Phi) is 4.84. The smallest absolute Gasteiger partial charge is 0.343 e. The van der Waals surface area contributed by atoms with Gasteiger partial charge in [0.1, 0.15) is 5.56 Å². The fourth-order valence-corrected chi connectivity index (χ4v) is 2.80. The summed E-state index contributed by atoms with van der Waals surface area (Å²) in [5.41, 5.74) is 1.56. The van der Waals surface area contributed by atoms with Gasteiger partial charge >= 0.3 is 5.97 Å². The summed E-state index contributed by atoms with van der Waals surface area (Å²) in [6, 6.07) is 5.18. The van der Waals surface area contributed by atoms with Gasteiger partial charge in [-0.05, 0) is 49.4 Å². The maximum atomic E-state index is 12.1. The zero-order valence-corrected chi connectivity index (χ0v) is 13.2. The zero-order chi connectivity index (χ0) is 16.9. The molecule has 0 bridgehead atoms. The van der Waals surface area contributed by atoms with Crippen molar-refractivity contribution in [2.45, 2.75) is 32.1 Å². The highest BCUT2D eigenvalue weighted by molar-refractivity contribution is 6.00. The number of fused-ring (bicyclic) bond motifs is 1. The van der Waals surface area contributed by atoms with Crippen molar-refractivity contribution in [3.63, 3.8) is 0 Å². The van der Waals surface area contributed by atoms with Gasteiger partial charge in [0.25, 0.3) is 5.56 Å². The first kappa shape index (κ1) is 16.1. The number of H-pyrrole nitrogens is 1. The van der Waals surface area contributed by atoms with E-state index in [4.69, 9.17) is 4.74 Å². The molecule has 0 fully saturated rings. The van der Waals surface area contributed by atoms with E-state index in [1.165, 1.54) is 6.07 Å². The first-order valence-electron chi connectivity index (χ1n) is 8.00. The molecule has 6 nitrogen and oxygen atoms in total. The summed E-state index contributed by atoms with van der Waals surface area (Å²) in [5, 5.41) is 0. The number of nitrogens with zero attached hydrogens (tertiary/aromatic N) is 1. The Morgan fingerprint density at radius 1 is 1.21 bits per heavy atom. The molecule has 0 saturated carbocycles. The van der Waals surface area contributed by atoms with Crippen LogP contribution in [0.25, 0.3) is 0 Å². The first-order valence-corrected chi connectivity index (χ1v) is 8.00. The van der Waals surface area contributed by atoms with Crippen molar-refractivity contribution in [3.05, 3.63) is 63.3 Å². The van der Waals surface area contributed by atoms with Crippen molar-refractivity contribution in [1.29, 1.82) is 0 Å². The number of ether oxygens (including phenoxy) is 1. The predicted octanol–water partition coefficient (Wildman–Crippen LogP) is 2.08. The summed E-state index contributed by atoms with van der Waals surface area (Å²) < 4.78 is 5.17. The number of rotatable bonds is 5. The second-order valence-electron chi connectivity index (χ2n) is 5.78. The third-order valence-electron chi connectivity index (χ3n) is 4.07. The van der Waals surface area contributed by atoms with E-state index in [1.54, 1.807) is 12.4 Å². The molecule has 124 valence electrons. The molecule has 0 aromatic carbocycles. The number of aromatic amines is 1. The van der Waals surface area contributed by atoms with E-state index in [9.17, 15) is 14.4 Å². The van der Waals surface area contributed by atoms with Crippen LogP contribution in [0.5, 0.6) is 0 Å². The highest BCUT2D eigenvalue weighted by Crippen LogP contribution is 2.19. The van der Waals surface area contributed by atoms with Crippen molar-refractivity contribution >= 4 is 11.8 Å². The molecular formula is C18H18N2O4. The van der Waals surface area contributed by atoms with Crippen LogP contribution in [-0.4, -0.2) is 28.3 Å². The second-order valence-corrected chi connectivity index (χ2v) is 5.78. The minimum Gasteiger partial charge on any atom is -0.462 e. The molecule has 0 spiro atoms. The van der Waals surface area contributed by atoms with Gasteiger partial charge in [-0.3, -0.25) is 14.6 Å². The topological polar surface area (TPSA) is 89.1 Å². The maximum Gasteiger partial charge on any atom is 0.343 e. The molecule has 1 N–H and O–H groups in total. The minimum absolute atomic E-state index is 0.0424. The number of carbonyl (C=O) groups excluding carboxylic acids is 2. The Bertz CT molecular complexity index is 812. The first-order chi connectivity index (χ1) is 11.6. The molecule has 2 heterocycles. The number of hydrogen-bond acceptors (Lipinski definition) is 5. The number of Topliss-reactive ketones (excluding diaryl/α,β-unsaturated/α-hetero) is 1. The molecule has 2 aromatic rings. The molecule has 0 amide bonds. The van der Waals surface area contributed by atoms with Gasteiger partial charge in [-0.1, -0.05) is 0 Å². The van der Waals surface area contributed by atoms with E-state index in [-0.39, 0.29) is 18.0 Å². The van der Waals surface area contributed by atoms with Gasteiger partial charge in [0.05, 0.1) is 6.61 Å². The molecule has 3 rings (SSSR count). The Hall–Kier alpha value is -2.76. The SMILES string of the molecule is O=C1CCCc2[nH]c(=O)c(C(=O)OCCCc3ccncc3)cc21. The molecule has 24 heavy (non-hydrogen) atoms. The zero-order valence-electron chi connectivity index (χ0n) is 13.2. The van der Waals surface area contributed by atoms with Gasteiger partial charge in [-0.2, -0.15) is 0 Å². The van der Waals surface area contributed by atoms with Crippen molar-refractivity contribution < 1.29 is 14.3 Å². The van der Waals surface area contributed by atoms with E-state index in [2.05, 4.69) is 9.97 Å². The maximum absolute atomic E-state index is 12.1. The molecule has 0 radical (unpaired) electrons. The molecule has 2 aromatic heterocycles. The van der Waals surface area contributed by atoms with Crippen molar-refractivity contribution in [1.82, 2.24) is 9.97 Å². The average Bonchev–Trinajstić information content (AvgIpc) is 2.59. The van der Waals surface area contributed by atoms with Crippen molar-refractivity contribution in [3.8, 4) is 0 Å².